The van der Waals surface area contributed by atoms with E-state index in [1.54, 1.807) is 11.2 Å². The highest BCUT2D eigenvalue weighted by Gasteiger charge is 2.17. The van der Waals surface area contributed by atoms with Crippen molar-refractivity contribution in [1.29, 1.82) is 0 Å². The molecule has 0 saturated heterocycles. The summed E-state index contributed by atoms with van der Waals surface area (Å²) < 4.78 is 1.84. The predicted molar refractivity (Wildman–Crippen MR) is 93.7 cm³/mol. The number of nitrogens with two attached hydrogens (primary N) is 1. The summed E-state index contributed by atoms with van der Waals surface area (Å²) in [4.78, 5) is 18.8. The molecule has 3 rings (SSSR count). The average Bonchev–Trinajstić information content (AvgIpc) is 3.11. The van der Waals surface area contributed by atoms with E-state index < -0.39 is 0 Å². The highest BCUT2D eigenvalue weighted by molar-refractivity contribution is 5.97. The lowest BCUT2D eigenvalue weighted by atomic mass is 10.1. The Balaban J connectivity index is 1.87. The Hall–Kier alpha value is -2.92. The molecule has 0 radical (unpaired) electrons. The fourth-order valence-electron chi connectivity index (χ4n) is 2.62. The third kappa shape index (κ3) is 3.36. The Morgan fingerprint density at radius 3 is 2.54 bits per heavy atom. The van der Waals surface area contributed by atoms with Crippen LogP contribution in [0.5, 0.6) is 0 Å². The van der Waals surface area contributed by atoms with Gasteiger partial charge in [-0.25, -0.2) is 4.98 Å². The van der Waals surface area contributed by atoms with Crippen LogP contribution in [0.2, 0.25) is 0 Å². The van der Waals surface area contributed by atoms with Crippen molar-refractivity contribution in [2.75, 3.05) is 7.05 Å². The first-order chi connectivity index (χ1) is 11.7. The van der Waals surface area contributed by atoms with Crippen molar-refractivity contribution in [1.82, 2.24) is 14.5 Å². The minimum absolute atomic E-state index is 0.0301. The van der Waals surface area contributed by atoms with Crippen molar-refractivity contribution in [3.63, 3.8) is 0 Å². The van der Waals surface area contributed by atoms with Gasteiger partial charge in [0.15, 0.2) is 0 Å². The second-order valence-corrected chi connectivity index (χ2v) is 5.64. The summed E-state index contributed by atoms with van der Waals surface area (Å²) in [6.45, 7) is 0.934. The van der Waals surface area contributed by atoms with Crippen molar-refractivity contribution in [2.45, 2.75) is 13.1 Å². The number of rotatable bonds is 5. The maximum Gasteiger partial charge on any atom is 0.256 e. The van der Waals surface area contributed by atoms with Gasteiger partial charge in [-0.3, -0.25) is 4.79 Å². The maximum absolute atomic E-state index is 12.9. The van der Waals surface area contributed by atoms with Crippen LogP contribution in [0.4, 0.5) is 0 Å². The first-order valence-electron chi connectivity index (χ1n) is 7.81. The number of carbonyl (C=O) groups excluding carboxylic acids is 1. The molecule has 122 valence electrons. The Bertz CT molecular complexity index is 826. The third-order valence-corrected chi connectivity index (χ3v) is 3.87. The van der Waals surface area contributed by atoms with Crippen LogP contribution in [0.1, 0.15) is 21.6 Å². The van der Waals surface area contributed by atoms with Gasteiger partial charge in [0.25, 0.3) is 5.91 Å². The third-order valence-electron chi connectivity index (χ3n) is 3.87. The number of hydrogen-bond acceptors (Lipinski definition) is 3. The summed E-state index contributed by atoms with van der Waals surface area (Å²) in [6.07, 6.45) is 3.54. The van der Waals surface area contributed by atoms with Crippen LogP contribution in [0.15, 0.2) is 67.1 Å². The molecule has 3 aromatic rings. The molecule has 0 unspecified atom stereocenters. The van der Waals surface area contributed by atoms with Gasteiger partial charge in [-0.05, 0) is 17.7 Å². The van der Waals surface area contributed by atoms with Gasteiger partial charge in [-0.1, -0.05) is 42.5 Å². The minimum atomic E-state index is -0.0301. The average molecular weight is 320 g/mol. The number of amides is 1. The van der Waals surface area contributed by atoms with Crippen LogP contribution in [-0.4, -0.2) is 27.4 Å². The molecule has 0 aliphatic rings. The van der Waals surface area contributed by atoms with Crippen LogP contribution < -0.4 is 5.73 Å². The Labute approximate surface area is 141 Å². The molecule has 1 aromatic heterocycles. The zero-order chi connectivity index (χ0) is 16.9. The molecule has 5 heteroatoms. The molecule has 0 atom stereocenters. The first kappa shape index (κ1) is 16.0. The lowest BCUT2D eigenvalue weighted by Crippen LogP contribution is -2.27. The number of para-hydroxylation sites is 1. The van der Waals surface area contributed by atoms with E-state index in [1.165, 1.54) is 0 Å². The van der Waals surface area contributed by atoms with Crippen molar-refractivity contribution >= 4 is 5.91 Å². The molecule has 2 N–H and O–H groups in total. The van der Waals surface area contributed by atoms with Gasteiger partial charge < -0.3 is 15.2 Å². The summed E-state index contributed by atoms with van der Waals surface area (Å²) in [7, 11) is 1.81. The molecule has 24 heavy (non-hydrogen) atoms. The van der Waals surface area contributed by atoms with Gasteiger partial charge >= 0.3 is 0 Å². The van der Waals surface area contributed by atoms with Crippen molar-refractivity contribution in [2.24, 2.45) is 5.73 Å². The van der Waals surface area contributed by atoms with Crippen LogP contribution in [0, 0.1) is 0 Å². The molecular weight excluding hydrogens is 300 g/mol. The Kier molecular flexibility index (Phi) is 4.72. The maximum atomic E-state index is 12.9. The van der Waals surface area contributed by atoms with Gasteiger partial charge in [0.1, 0.15) is 0 Å². The van der Waals surface area contributed by atoms with Crippen molar-refractivity contribution in [3.8, 4) is 5.69 Å². The number of benzene rings is 2. The van der Waals surface area contributed by atoms with Crippen molar-refractivity contribution < 1.29 is 4.79 Å². The number of hydrogen-bond donors (Lipinski definition) is 1. The molecule has 0 aliphatic carbocycles. The highest BCUT2D eigenvalue weighted by atomic mass is 16.2. The summed E-state index contributed by atoms with van der Waals surface area (Å²) in [5.41, 5.74) is 8.94. The second-order valence-electron chi connectivity index (χ2n) is 5.64. The standard InChI is InChI=1S/C19H20N4O/c1-22(12-15-7-3-2-4-8-15)19(24)17-9-5-6-10-18(17)23-13-16(11-20)21-14-23/h2-10,13-14H,11-12,20H2,1H3. The number of nitrogens with zero attached hydrogens (tertiary/aromatic N) is 3. The SMILES string of the molecule is CN(Cc1ccccc1)C(=O)c1ccccc1-n1cnc(CN)c1. The van der Waals surface area contributed by atoms with Gasteiger partial charge in [0.2, 0.25) is 0 Å². The van der Waals surface area contributed by atoms with Gasteiger partial charge in [0.05, 0.1) is 23.3 Å². The van der Waals surface area contributed by atoms with E-state index in [4.69, 9.17) is 5.73 Å². The lowest BCUT2D eigenvalue weighted by molar-refractivity contribution is 0.0785. The summed E-state index contributed by atoms with van der Waals surface area (Å²) in [5.74, 6) is -0.0301. The van der Waals surface area contributed by atoms with Crippen LogP contribution in [0.3, 0.4) is 0 Å². The molecule has 2 aromatic carbocycles. The molecule has 0 bridgehead atoms. The highest BCUT2D eigenvalue weighted by Crippen LogP contribution is 2.18. The van der Waals surface area contributed by atoms with Gasteiger partial charge in [-0.2, -0.15) is 0 Å². The number of imidazole rings is 1. The van der Waals surface area contributed by atoms with Crippen LogP contribution in [-0.2, 0) is 13.1 Å². The van der Waals surface area contributed by atoms with Gasteiger partial charge in [-0.15, -0.1) is 0 Å². The Morgan fingerprint density at radius 1 is 1.12 bits per heavy atom. The van der Waals surface area contributed by atoms with Crippen LogP contribution >= 0.6 is 0 Å². The fourth-order valence-corrected chi connectivity index (χ4v) is 2.62. The van der Waals surface area contributed by atoms with E-state index in [0.717, 1.165) is 16.9 Å². The Morgan fingerprint density at radius 2 is 1.83 bits per heavy atom. The van der Waals surface area contributed by atoms with Crippen molar-refractivity contribution in [3.05, 3.63) is 83.9 Å². The smallest absolute Gasteiger partial charge is 0.256 e. The quantitative estimate of drug-likeness (QED) is 0.786. The number of carbonyl (C=O) groups is 1. The van der Waals surface area contributed by atoms with E-state index in [9.17, 15) is 4.79 Å². The second kappa shape index (κ2) is 7.10. The zero-order valence-corrected chi connectivity index (χ0v) is 13.6. The summed E-state index contributed by atoms with van der Waals surface area (Å²) >= 11 is 0. The fraction of sp³-hybridized carbons (Fsp3) is 0.158. The topological polar surface area (TPSA) is 64.2 Å². The van der Waals surface area contributed by atoms with E-state index in [-0.39, 0.29) is 5.91 Å². The monoisotopic (exact) mass is 320 g/mol. The van der Waals surface area contributed by atoms with E-state index >= 15 is 0 Å². The zero-order valence-electron chi connectivity index (χ0n) is 13.6. The van der Waals surface area contributed by atoms with Crippen LogP contribution in [0.25, 0.3) is 5.69 Å². The number of aromatic nitrogens is 2. The summed E-state index contributed by atoms with van der Waals surface area (Å²) in [6, 6.07) is 17.5. The largest absolute Gasteiger partial charge is 0.337 e. The van der Waals surface area contributed by atoms with E-state index in [1.807, 2.05) is 72.4 Å². The van der Waals surface area contributed by atoms with Gasteiger partial charge in [0, 0.05) is 26.3 Å². The van der Waals surface area contributed by atoms with E-state index in [0.29, 0.717) is 18.7 Å². The molecule has 5 nitrogen and oxygen atoms in total. The molecule has 0 fully saturated rings. The minimum Gasteiger partial charge on any atom is -0.337 e. The predicted octanol–water partition coefficient (Wildman–Crippen LogP) is 2.60. The first-order valence-corrected chi connectivity index (χ1v) is 7.81. The molecule has 1 amide bonds. The lowest BCUT2D eigenvalue weighted by Gasteiger charge is -2.19. The molecular formula is C19H20N4O. The molecule has 0 aliphatic heterocycles. The molecule has 0 spiro atoms. The summed E-state index contributed by atoms with van der Waals surface area (Å²) in [5, 5.41) is 0. The van der Waals surface area contributed by atoms with E-state index in [2.05, 4.69) is 4.98 Å². The normalized spacial score (nSPS) is 10.6. The molecule has 1 heterocycles. The molecule has 0 saturated carbocycles.